The molecule has 0 aliphatic rings. The number of hydrogen-bond donors (Lipinski definition) is 3. The lowest BCUT2D eigenvalue weighted by atomic mass is 10.2. The molecule has 1 aromatic heterocycles. The fraction of sp³-hybridized carbons (Fsp3) is 0.158. The van der Waals surface area contributed by atoms with E-state index in [9.17, 15) is 18.0 Å². The van der Waals surface area contributed by atoms with Gasteiger partial charge in [0.25, 0.3) is 5.56 Å². The van der Waals surface area contributed by atoms with Gasteiger partial charge in [0.1, 0.15) is 11.4 Å². The molecule has 0 atom stereocenters. The van der Waals surface area contributed by atoms with Gasteiger partial charge in [-0.05, 0) is 43.3 Å². The highest BCUT2D eigenvalue weighted by atomic mass is 32.2. The van der Waals surface area contributed by atoms with Crippen molar-refractivity contribution in [1.82, 2.24) is 9.78 Å². The third kappa shape index (κ3) is 4.87. The zero-order valence-corrected chi connectivity index (χ0v) is 17.7. The number of anilines is 1. The molecule has 3 rings (SSSR count). The smallest absolute Gasteiger partial charge is 0.299 e. The minimum Gasteiger partial charge on any atom is -0.494 e. The summed E-state index contributed by atoms with van der Waals surface area (Å²) in [6, 6.07) is 10.4. The number of amides is 1. The van der Waals surface area contributed by atoms with Crippen LogP contribution in [0.2, 0.25) is 0 Å². The third-order valence-electron chi connectivity index (χ3n) is 4.20. The normalized spacial score (nSPS) is 11.6. The maximum absolute atomic E-state index is 12.8. The molecule has 2 aromatic carbocycles. The number of nitrogens with one attached hydrogen (secondary N) is 2. The molecule has 162 valence electrons. The third-order valence-corrected chi connectivity index (χ3v) is 5.11. The van der Waals surface area contributed by atoms with Gasteiger partial charge in [-0.2, -0.15) is 0 Å². The Kier molecular flexibility index (Phi) is 6.04. The molecule has 4 N–H and O–H groups in total. The van der Waals surface area contributed by atoms with Crippen molar-refractivity contribution >= 4 is 33.0 Å². The summed E-state index contributed by atoms with van der Waals surface area (Å²) >= 11 is 0. The van der Waals surface area contributed by atoms with E-state index in [2.05, 4.69) is 20.6 Å². The summed E-state index contributed by atoms with van der Waals surface area (Å²) < 4.78 is 29.6. The molecule has 0 fully saturated rings. The number of carbonyl (C=O) groups excluding carboxylic acids is 1. The molecule has 0 aliphatic heterocycles. The van der Waals surface area contributed by atoms with Gasteiger partial charge in [0.15, 0.2) is 5.69 Å². The topological polar surface area (TPSA) is 161 Å². The lowest BCUT2D eigenvalue weighted by molar-refractivity contribution is -0.114. The Hall–Kier alpha value is -3.77. The average molecular weight is 444 g/mol. The molecule has 0 radical (unpaired) electrons. The average Bonchev–Trinajstić information content (AvgIpc) is 2.99. The summed E-state index contributed by atoms with van der Waals surface area (Å²) in [5.41, 5.74) is 0.956. The number of methoxy groups -OCH3 is 1. The summed E-state index contributed by atoms with van der Waals surface area (Å²) in [6.07, 6.45) is 0. The number of nitrogens with two attached hydrogens (primary N) is 1. The van der Waals surface area contributed by atoms with Crippen LogP contribution in [0, 0.1) is 6.92 Å². The first kappa shape index (κ1) is 21.9. The molecule has 11 nitrogen and oxygen atoms in total. The summed E-state index contributed by atoms with van der Waals surface area (Å²) in [4.78, 5) is 24.0. The second-order valence-corrected chi connectivity index (χ2v) is 8.10. The van der Waals surface area contributed by atoms with Gasteiger partial charge in [-0.15, -0.1) is 10.2 Å². The van der Waals surface area contributed by atoms with Crippen LogP contribution in [0.1, 0.15) is 12.6 Å². The monoisotopic (exact) mass is 444 g/mol. The van der Waals surface area contributed by atoms with Gasteiger partial charge in [0, 0.05) is 12.6 Å². The first-order valence-corrected chi connectivity index (χ1v) is 10.5. The predicted octanol–water partition coefficient (Wildman–Crippen LogP) is 2.50. The van der Waals surface area contributed by atoms with Crippen molar-refractivity contribution in [3.63, 3.8) is 0 Å². The highest BCUT2D eigenvalue weighted by Gasteiger charge is 2.15. The lowest BCUT2D eigenvalue weighted by Gasteiger charge is -2.06. The Morgan fingerprint density at radius 3 is 2.58 bits per heavy atom. The van der Waals surface area contributed by atoms with E-state index in [4.69, 9.17) is 9.88 Å². The molecule has 0 saturated carbocycles. The number of nitrogens with zero attached hydrogens (tertiary/aromatic N) is 3. The largest absolute Gasteiger partial charge is 0.494 e. The number of primary sulfonamides is 1. The number of benzene rings is 2. The molecular formula is C19H20N6O5S. The highest BCUT2D eigenvalue weighted by molar-refractivity contribution is 7.89. The zero-order chi connectivity index (χ0) is 22.8. The molecule has 0 unspecified atom stereocenters. The number of carbonyl (C=O) groups is 1. The Bertz CT molecular complexity index is 1340. The highest BCUT2D eigenvalue weighted by Crippen LogP contribution is 2.32. The Balaban J connectivity index is 2.02. The molecule has 0 aliphatic carbocycles. The molecule has 0 saturated heterocycles. The van der Waals surface area contributed by atoms with Gasteiger partial charge in [0.05, 0.1) is 23.4 Å². The van der Waals surface area contributed by atoms with Crippen molar-refractivity contribution in [2.45, 2.75) is 18.7 Å². The van der Waals surface area contributed by atoms with Gasteiger partial charge in [-0.3, -0.25) is 14.7 Å². The Morgan fingerprint density at radius 1 is 1.19 bits per heavy atom. The molecule has 1 heterocycles. The number of hydrogen-bond acceptors (Lipinski definition) is 7. The van der Waals surface area contributed by atoms with E-state index in [1.165, 1.54) is 32.2 Å². The number of sulfonamides is 1. The van der Waals surface area contributed by atoms with Crippen molar-refractivity contribution in [2.75, 3.05) is 12.4 Å². The van der Waals surface area contributed by atoms with Crippen LogP contribution in [0.15, 0.2) is 62.4 Å². The van der Waals surface area contributed by atoms with E-state index in [0.717, 1.165) is 4.68 Å². The molecule has 12 heteroatoms. The number of aryl methyl sites for hydroxylation is 1. The first-order chi connectivity index (χ1) is 14.6. The van der Waals surface area contributed by atoms with Crippen LogP contribution >= 0.6 is 0 Å². The second-order valence-electron chi connectivity index (χ2n) is 6.54. The Labute approximate surface area is 177 Å². The molecule has 0 spiro atoms. The predicted molar refractivity (Wildman–Crippen MR) is 114 cm³/mol. The summed E-state index contributed by atoms with van der Waals surface area (Å²) in [5, 5.41) is 18.8. The molecule has 0 bridgehead atoms. The molecule has 3 aromatic rings. The van der Waals surface area contributed by atoms with E-state index in [0.29, 0.717) is 22.8 Å². The minimum atomic E-state index is -3.93. The maximum atomic E-state index is 12.8. The van der Waals surface area contributed by atoms with E-state index in [-0.39, 0.29) is 22.2 Å². The van der Waals surface area contributed by atoms with E-state index in [1.807, 2.05) is 0 Å². The van der Waals surface area contributed by atoms with Gasteiger partial charge >= 0.3 is 0 Å². The molecule has 1 amide bonds. The van der Waals surface area contributed by atoms with Gasteiger partial charge in [-0.25, -0.2) is 18.2 Å². The van der Waals surface area contributed by atoms with Crippen molar-refractivity contribution in [1.29, 1.82) is 0 Å². The van der Waals surface area contributed by atoms with Crippen molar-refractivity contribution in [3.8, 4) is 11.4 Å². The zero-order valence-electron chi connectivity index (χ0n) is 16.9. The molecule has 31 heavy (non-hydrogen) atoms. The number of ether oxygens (including phenoxy) is 1. The standard InChI is InChI=1S/C19H20N6O5S/c1-11-18(23-22-16-9-13(21-12(2)26)7-8-17(16)30-3)19(27)25(24-11)14-5-4-6-15(10-14)31(20,28)29/h4-10,24H,1-3H3,(H,21,26)(H2,20,28,29). The van der Waals surface area contributed by atoms with Crippen LogP contribution < -0.4 is 20.8 Å². The summed E-state index contributed by atoms with van der Waals surface area (Å²) in [6.45, 7) is 3.00. The van der Waals surface area contributed by atoms with Crippen LogP contribution in [-0.2, 0) is 14.8 Å². The number of H-pyrrole nitrogens is 1. The minimum absolute atomic E-state index is 0.0213. The summed E-state index contributed by atoms with van der Waals surface area (Å²) in [5.74, 6) is 0.145. The SMILES string of the molecule is COc1ccc(NC(C)=O)cc1N=Nc1c(C)[nH]n(-c2cccc(S(N)(=O)=O)c2)c1=O. The van der Waals surface area contributed by atoms with Gasteiger partial charge < -0.3 is 10.1 Å². The first-order valence-electron chi connectivity index (χ1n) is 8.92. The number of rotatable bonds is 6. The Morgan fingerprint density at radius 2 is 1.94 bits per heavy atom. The van der Waals surface area contributed by atoms with Crippen molar-refractivity contribution in [2.24, 2.45) is 15.4 Å². The quantitative estimate of drug-likeness (QED) is 0.497. The van der Waals surface area contributed by atoms with Crippen LogP contribution in [0.25, 0.3) is 5.69 Å². The van der Waals surface area contributed by atoms with E-state index < -0.39 is 15.6 Å². The van der Waals surface area contributed by atoms with Crippen LogP contribution in [0.4, 0.5) is 17.1 Å². The fourth-order valence-electron chi connectivity index (χ4n) is 2.79. The van der Waals surface area contributed by atoms with Gasteiger partial charge in [0.2, 0.25) is 15.9 Å². The van der Waals surface area contributed by atoms with Crippen molar-refractivity contribution < 1.29 is 17.9 Å². The lowest BCUT2D eigenvalue weighted by Crippen LogP contribution is -2.16. The van der Waals surface area contributed by atoms with E-state index in [1.54, 1.807) is 31.2 Å². The second kappa shape index (κ2) is 8.53. The number of azo groups is 1. The maximum Gasteiger partial charge on any atom is 0.299 e. The van der Waals surface area contributed by atoms with Gasteiger partial charge in [-0.1, -0.05) is 6.07 Å². The van der Waals surface area contributed by atoms with Crippen molar-refractivity contribution in [3.05, 3.63) is 58.5 Å². The fourth-order valence-corrected chi connectivity index (χ4v) is 3.34. The number of aromatic nitrogens is 2. The number of aromatic amines is 1. The van der Waals surface area contributed by atoms with E-state index >= 15 is 0 Å². The van der Waals surface area contributed by atoms with Crippen LogP contribution in [-0.4, -0.2) is 31.2 Å². The van der Waals surface area contributed by atoms with Crippen LogP contribution in [0.5, 0.6) is 5.75 Å². The summed E-state index contributed by atoms with van der Waals surface area (Å²) in [7, 11) is -2.47. The molecular weight excluding hydrogens is 424 g/mol. The van der Waals surface area contributed by atoms with Crippen LogP contribution in [0.3, 0.4) is 0 Å².